The Hall–Kier alpha value is -2.40. The Labute approximate surface area is 158 Å². The van der Waals surface area contributed by atoms with Crippen molar-refractivity contribution in [1.29, 1.82) is 0 Å². The summed E-state index contributed by atoms with van der Waals surface area (Å²) in [5.41, 5.74) is 3.40. The number of hydrogen-bond donors (Lipinski definition) is 1. The normalized spacial score (nSPS) is 25.3. The lowest BCUT2D eigenvalue weighted by Crippen LogP contribution is -2.43. The summed E-state index contributed by atoms with van der Waals surface area (Å²) < 4.78 is 19.4. The Balaban J connectivity index is 1.46. The zero-order chi connectivity index (χ0) is 18.4. The van der Waals surface area contributed by atoms with E-state index in [0.717, 1.165) is 43.5 Å². The van der Waals surface area contributed by atoms with Gasteiger partial charge in [0.25, 0.3) is 0 Å². The predicted molar refractivity (Wildman–Crippen MR) is 99.9 cm³/mol. The number of ether oxygens (including phenoxy) is 1. The number of nitrogens with one attached hydrogen (secondary N) is 1. The van der Waals surface area contributed by atoms with Crippen molar-refractivity contribution in [1.82, 2.24) is 10.2 Å². The van der Waals surface area contributed by atoms with E-state index in [9.17, 15) is 9.18 Å². The highest BCUT2D eigenvalue weighted by molar-refractivity contribution is 5.70. The maximum Gasteiger partial charge on any atom is 0.410 e. The van der Waals surface area contributed by atoms with Gasteiger partial charge >= 0.3 is 6.09 Å². The van der Waals surface area contributed by atoms with Gasteiger partial charge < -0.3 is 10.1 Å². The van der Waals surface area contributed by atoms with E-state index in [2.05, 4.69) is 17.4 Å². The maximum absolute atomic E-state index is 13.5. The number of nitrogens with zero attached hydrogens (tertiary/aromatic N) is 1. The van der Waals surface area contributed by atoms with Crippen LogP contribution in [0, 0.1) is 11.2 Å². The zero-order valence-electron chi connectivity index (χ0n) is 15.2. The van der Waals surface area contributed by atoms with E-state index in [1.54, 1.807) is 12.1 Å². The molecule has 2 aromatic carbocycles. The summed E-state index contributed by atoms with van der Waals surface area (Å²) in [5, 5.41) is 3.36. The molecule has 2 heterocycles. The molecular weight excluding hydrogens is 343 g/mol. The first-order valence-corrected chi connectivity index (χ1v) is 9.68. The zero-order valence-corrected chi connectivity index (χ0v) is 15.2. The molecule has 140 valence electrons. The second-order valence-electron chi connectivity index (χ2n) is 7.96. The fraction of sp³-hybridized carbons (Fsp3) is 0.409. The van der Waals surface area contributed by atoms with Crippen molar-refractivity contribution in [3.8, 4) is 0 Å². The number of benzene rings is 2. The highest BCUT2D eigenvalue weighted by Gasteiger charge is 2.54. The van der Waals surface area contributed by atoms with E-state index in [1.807, 2.05) is 17.0 Å². The fourth-order valence-electron chi connectivity index (χ4n) is 4.57. The molecule has 0 radical (unpaired) electrons. The third-order valence-electron chi connectivity index (χ3n) is 6.33. The highest BCUT2D eigenvalue weighted by Crippen LogP contribution is 2.51. The molecule has 1 saturated heterocycles. The lowest BCUT2D eigenvalue weighted by Gasteiger charge is -2.38. The van der Waals surface area contributed by atoms with Gasteiger partial charge in [-0.2, -0.15) is 0 Å². The molecule has 1 saturated carbocycles. The van der Waals surface area contributed by atoms with Crippen LogP contribution in [0.4, 0.5) is 9.18 Å². The predicted octanol–water partition coefficient (Wildman–Crippen LogP) is 3.66. The number of carbonyl (C=O) groups is 1. The quantitative estimate of drug-likeness (QED) is 0.882. The van der Waals surface area contributed by atoms with Crippen molar-refractivity contribution in [2.45, 2.75) is 31.4 Å². The van der Waals surface area contributed by atoms with Crippen LogP contribution in [-0.4, -0.2) is 36.7 Å². The van der Waals surface area contributed by atoms with Crippen LogP contribution in [0.2, 0.25) is 0 Å². The molecule has 1 N–H and O–H groups in total. The summed E-state index contributed by atoms with van der Waals surface area (Å²) in [4.78, 5) is 14.9. The van der Waals surface area contributed by atoms with Crippen LogP contribution in [0.1, 0.15) is 35.6 Å². The van der Waals surface area contributed by atoms with Crippen molar-refractivity contribution in [2.24, 2.45) is 5.41 Å². The molecular formula is C22H23FN2O2. The van der Waals surface area contributed by atoms with Crippen molar-refractivity contribution in [3.05, 3.63) is 71.0 Å². The molecule has 2 atom stereocenters. The van der Waals surface area contributed by atoms with Gasteiger partial charge in [-0.15, -0.1) is 0 Å². The lowest BCUT2D eigenvalue weighted by atomic mass is 9.88. The largest absolute Gasteiger partial charge is 0.444 e. The van der Waals surface area contributed by atoms with Gasteiger partial charge in [-0.3, -0.25) is 4.90 Å². The third-order valence-corrected chi connectivity index (χ3v) is 6.33. The number of hydrogen-bond acceptors (Lipinski definition) is 3. The summed E-state index contributed by atoms with van der Waals surface area (Å²) in [6, 6.07) is 14.4. The van der Waals surface area contributed by atoms with Gasteiger partial charge in [0.15, 0.2) is 0 Å². The van der Waals surface area contributed by atoms with Gasteiger partial charge in [-0.25, -0.2) is 9.18 Å². The summed E-state index contributed by atoms with van der Waals surface area (Å²) in [6.07, 6.45) is 2.75. The van der Waals surface area contributed by atoms with Crippen LogP contribution >= 0.6 is 0 Å². The summed E-state index contributed by atoms with van der Waals surface area (Å²) in [5.74, 6) is -0.273. The topological polar surface area (TPSA) is 41.6 Å². The lowest BCUT2D eigenvalue weighted by molar-refractivity contribution is 0.0384. The summed E-state index contributed by atoms with van der Waals surface area (Å²) in [7, 11) is 0. The Bertz CT molecular complexity index is 863. The van der Waals surface area contributed by atoms with E-state index >= 15 is 0 Å². The van der Waals surface area contributed by atoms with Crippen LogP contribution < -0.4 is 5.32 Å². The summed E-state index contributed by atoms with van der Waals surface area (Å²) in [6.45, 7) is 2.28. The Kier molecular flexibility index (Phi) is 3.93. The van der Waals surface area contributed by atoms with Crippen molar-refractivity contribution < 1.29 is 13.9 Å². The second-order valence-corrected chi connectivity index (χ2v) is 7.96. The number of rotatable bonds is 2. The van der Waals surface area contributed by atoms with Gasteiger partial charge in [-0.1, -0.05) is 36.4 Å². The standard InChI is InChI=1S/C22H23FN2O2/c23-17-7-5-16(6-8-17)20-18-4-2-1-3-15(18)9-12-25(20)21(26)27-19-13-24-14-22(19)10-11-22/h1-8,19-20,24H,9-14H2/t19-,20+/m1/s1. The van der Waals surface area contributed by atoms with E-state index in [0.29, 0.717) is 6.54 Å². The SMILES string of the molecule is O=C(O[C@@H]1CNCC12CC2)N1CCc2ccccc2[C@@H]1c1ccc(F)cc1. The van der Waals surface area contributed by atoms with Crippen LogP contribution in [0.3, 0.4) is 0 Å². The summed E-state index contributed by atoms with van der Waals surface area (Å²) >= 11 is 0. The molecule has 5 heteroatoms. The molecule has 3 aliphatic rings. The first kappa shape index (κ1) is 16.8. The third kappa shape index (κ3) is 2.90. The number of carbonyl (C=O) groups excluding carboxylic acids is 1. The molecule has 1 aliphatic carbocycles. The van der Waals surface area contributed by atoms with Crippen LogP contribution in [-0.2, 0) is 11.2 Å². The minimum absolute atomic E-state index is 0.0453. The van der Waals surface area contributed by atoms with Gasteiger partial charge in [0.05, 0.1) is 6.04 Å². The van der Waals surface area contributed by atoms with Crippen LogP contribution in [0.25, 0.3) is 0 Å². The molecule has 0 unspecified atom stereocenters. The van der Waals surface area contributed by atoms with E-state index in [-0.39, 0.29) is 29.5 Å². The maximum atomic E-state index is 13.5. The van der Waals surface area contributed by atoms with E-state index in [1.165, 1.54) is 17.7 Å². The van der Waals surface area contributed by atoms with Crippen LogP contribution in [0.5, 0.6) is 0 Å². The second kappa shape index (κ2) is 6.34. The average molecular weight is 366 g/mol. The van der Waals surface area contributed by atoms with Crippen molar-refractivity contribution in [3.63, 3.8) is 0 Å². The van der Waals surface area contributed by atoms with Gasteiger partial charge in [0.1, 0.15) is 11.9 Å². The number of fused-ring (bicyclic) bond motifs is 1. The minimum atomic E-state index is -0.273. The molecule has 5 rings (SSSR count). The molecule has 4 nitrogen and oxygen atoms in total. The van der Waals surface area contributed by atoms with Gasteiger partial charge in [-0.05, 0) is 48.1 Å². The smallest absolute Gasteiger partial charge is 0.410 e. The molecule has 2 aliphatic heterocycles. The van der Waals surface area contributed by atoms with Gasteiger partial charge in [0.2, 0.25) is 0 Å². The van der Waals surface area contributed by atoms with E-state index in [4.69, 9.17) is 4.74 Å². The highest BCUT2D eigenvalue weighted by atomic mass is 19.1. The molecule has 2 aromatic rings. The molecule has 1 amide bonds. The molecule has 2 fully saturated rings. The van der Waals surface area contributed by atoms with E-state index < -0.39 is 0 Å². The molecule has 27 heavy (non-hydrogen) atoms. The fourth-order valence-corrected chi connectivity index (χ4v) is 4.57. The Morgan fingerprint density at radius 1 is 1.15 bits per heavy atom. The Morgan fingerprint density at radius 3 is 2.70 bits per heavy atom. The first-order valence-electron chi connectivity index (χ1n) is 9.68. The molecule has 0 bridgehead atoms. The monoisotopic (exact) mass is 366 g/mol. The van der Waals surface area contributed by atoms with Crippen molar-refractivity contribution >= 4 is 6.09 Å². The Morgan fingerprint density at radius 2 is 1.93 bits per heavy atom. The minimum Gasteiger partial charge on any atom is -0.444 e. The number of halogens is 1. The van der Waals surface area contributed by atoms with Crippen LogP contribution in [0.15, 0.2) is 48.5 Å². The number of amides is 1. The average Bonchev–Trinajstić information content (AvgIpc) is 3.37. The molecule has 0 aromatic heterocycles. The van der Waals surface area contributed by atoms with Crippen molar-refractivity contribution in [2.75, 3.05) is 19.6 Å². The van der Waals surface area contributed by atoms with Gasteiger partial charge in [0, 0.05) is 25.0 Å². The molecule has 1 spiro atoms. The first-order chi connectivity index (χ1) is 13.2.